The summed E-state index contributed by atoms with van der Waals surface area (Å²) in [7, 11) is 1.62. The third-order valence-corrected chi connectivity index (χ3v) is 4.40. The molecule has 0 radical (unpaired) electrons. The Kier molecular flexibility index (Phi) is 4.01. The van der Waals surface area contributed by atoms with Gasteiger partial charge in [0, 0.05) is 30.4 Å². The molecule has 1 aliphatic heterocycles. The number of methoxy groups -OCH3 is 1. The Morgan fingerprint density at radius 3 is 2.80 bits per heavy atom. The quantitative estimate of drug-likeness (QED) is 0.711. The Balaban J connectivity index is 1.80. The van der Waals surface area contributed by atoms with Gasteiger partial charge in [-0.1, -0.05) is 6.92 Å². The first kappa shape index (κ1) is 15.5. The molecular formula is C19H19N3O3. The van der Waals surface area contributed by atoms with Crippen molar-refractivity contribution in [2.45, 2.75) is 19.4 Å². The summed E-state index contributed by atoms with van der Waals surface area (Å²) in [5.41, 5.74) is 2.13. The fourth-order valence-corrected chi connectivity index (χ4v) is 3.23. The van der Waals surface area contributed by atoms with Gasteiger partial charge in [-0.3, -0.25) is 4.98 Å². The number of hydrogen-bond acceptors (Lipinski definition) is 5. The number of benzene rings is 1. The molecule has 3 heterocycles. The van der Waals surface area contributed by atoms with Crippen molar-refractivity contribution in [1.29, 1.82) is 0 Å². The predicted octanol–water partition coefficient (Wildman–Crippen LogP) is 3.68. The van der Waals surface area contributed by atoms with Crippen LogP contribution in [0.2, 0.25) is 0 Å². The average molecular weight is 337 g/mol. The lowest BCUT2D eigenvalue weighted by atomic mass is 10.0. The molecule has 0 amide bonds. The van der Waals surface area contributed by atoms with E-state index in [0.717, 1.165) is 17.8 Å². The molecule has 1 aliphatic rings. The van der Waals surface area contributed by atoms with Gasteiger partial charge in [0.05, 0.1) is 13.2 Å². The van der Waals surface area contributed by atoms with Crippen LogP contribution in [0.3, 0.4) is 0 Å². The number of fused-ring (bicyclic) bond motifs is 1. The highest BCUT2D eigenvalue weighted by atomic mass is 16.7. The summed E-state index contributed by atoms with van der Waals surface area (Å²) < 4.78 is 18.7. The molecule has 1 atom stereocenters. The minimum atomic E-state index is 0.178. The van der Waals surface area contributed by atoms with Gasteiger partial charge in [-0.05, 0) is 36.2 Å². The van der Waals surface area contributed by atoms with Crippen LogP contribution in [0.4, 0.5) is 0 Å². The lowest BCUT2D eigenvalue weighted by molar-refractivity contribution is 0.171. The van der Waals surface area contributed by atoms with Gasteiger partial charge in [-0.15, -0.1) is 0 Å². The summed E-state index contributed by atoms with van der Waals surface area (Å²) in [6.07, 6.45) is 8.39. The highest BCUT2D eigenvalue weighted by Crippen LogP contribution is 2.44. The molecule has 0 saturated heterocycles. The van der Waals surface area contributed by atoms with Crippen LogP contribution in [0, 0.1) is 0 Å². The minimum Gasteiger partial charge on any atom is -0.493 e. The van der Waals surface area contributed by atoms with Crippen LogP contribution in [0.5, 0.6) is 17.2 Å². The Morgan fingerprint density at radius 2 is 2.04 bits per heavy atom. The van der Waals surface area contributed by atoms with Crippen molar-refractivity contribution < 1.29 is 14.2 Å². The molecule has 0 N–H and O–H groups in total. The van der Waals surface area contributed by atoms with Gasteiger partial charge in [0.15, 0.2) is 11.5 Å². The van der Waals surface area contributed by atoms with Crippen LogP contribution < -0.4 is 14.2 Å². The highest BCUT2D eigenvalue weighted by Gasteiger charge is 2.23. The van der Waals surface area contributed by atoms with E-state index in [-0.39, 0.29) is 12.8 Å². The Morgan fingerprint density at radius 1 is 1.20 bits per heavy atom. The molecule has 6 nitrogen and oxygen atoms in total. The van der Waals surface area contributed by atoms with E-state index in [1.807, 2.05) is 49.1 Å². The zero-order valence-electron chi connectivity index (χ0n) is 14.2. The van der Waals surface area contributed by atoms with E-state index >= 15 is 0 Å². The first-order valence-corrected chi connectivity index (χ1v) is 8.22. The van der Waals surface area contributed by atoms with Crippen molar-refractivity contribution in [3.8, 4) is 28.6 Å². The summed E-state index contributed by atoms with van der Waals surface area (Å²) >= 11 is 0. The average Bonchev–Trinajstić information content (AvgIpc) is 3.31. The van der Waals surface area contributed by atoms with Gasteiger partial charge >= 0.3 is 0 Å². The molecule has 6 heteroatoms. The summed E-state index contributed by atoms with van der Waals surface area (Å²) in [6, 6.07) is 8.14. The van der Waals surface area contributed by atoms with Crippen LogP contribution in [-0.4, -0.2) is 28.4 Å². The van der Waals surface area contributed by atoms with Gasteiger partial charge < -0.3 is 18.8 Å². The van der Waals surface area contributed by atoms with Gasteiger partial charge in [0.25, 0.3) is 0 Å². The highest BCUT2D eigenvalue weighted by molar-refractivity contribution is 5.67. The Hall–Kier alpha value is -3.02. The molecule has 1 aromatic carbocycles. The standard InChI is InChI=1S/C19H19N3O3/c1-3-15(13-4-6-20-7-5-13)22-9-8-21-19(22)14-10-16(23-2)18-17(11-14)24-12-25-18/h4-11,15H,3,12H2,1-2H3/t15-/m0/s1. The molecule has 4 rings (SSSR count). The van der Waals surface area contributed by atoms with Crippen molar-refractivity contribution in [3.05, 3.63) is 54.6 Å². The van der Waals surface area contributed by atoms with Crippen molar-refractivity contribution in [3.63, 3.8) is 0 Å². The number of ether oxygens (including phenoxy) is 3. The molecule has 25 heavy (non-hydrogen) atoms. The van der Waals surface area contributed by atoms with Crippen molar-refractivity contribution in [2.24, 2.45) is 0 Å². The summed E-state index contributed by atoms with van der Waals surface area (Å²) in [6.45, 7) is 2.37. The first-order valence-electron chi connectivity index (χ1n) is 8.22. The van der Waals surface area contributed by atoms with Gasteiger partial charge in [0.2, 0.25) is 12.5 Å². The molecule has 0 spiro atoms. The number of hydrogen-bond donors (Lipinski definition) is 0. The maximum absolute atomic E-state index is 5.54. The smallest absolute Gasteiger partial charge is 0.231 e. The van der Waals surface area contributed by atoms with E-state index in [1.165, 1.54) is 5.56 Å². The number of aromatic nitrogens is 3. The summed E-state index contributed by atoms with van der Waals surface area (Å²) in [5.74, 6) is 2.84. The van der Waals surface area contributed by atoms with Gasteiger partial charge in [-0.25, -0.2) is 4.98 Å². The molecule has 0 fully saturated rings. The van der Waals surface area contributed by atoms with E-state index in [4.69, 9.17) is 14.2 Å². The van der Waals surface area contributed by atoms with Crippen molar-refractivity contribution in [2.75, 3.05) is 13.9 Å². The molecule has 3 aromatic rings. The predicted molar refractivity (Wildman–Crippen MR) is 93.0 cm³/mol. The maximum Gasteiger partial charge on any atom is 0.231 e. The van der Waals surface area contributed by atoms with Crippen LogP contribution in [0.1, 0.15) is 24.9 Å². The van der Waals surface area contributed by atoms with Gasteiger partial charge in [0.1, 0.15) is 5.82 Å². The first-order chi connectivity index (χ1) is 12.3. The van der Waals surface area contributed by atoms with E-state index in [1.54, 1.807) is 7.11 Å². The lowest BCUT2D eigenvalue weighted by Gasteiger charge is -2.20. The molecule has 2 aromatic heterocycles. The second-order valence-corrected chi connectivity index (χ2v) is 5.78. The van der Waals surface area contributed by atoms with Crippen LogP contribution in [0.25, 0.3) is 11.4 Å². The second kappa shape index (κ2) is 6.47. The molecule has 0 bridgehead atoms. The second-order valence-electron chi connectivity index (χ2n) is 5.78. The Labute approximate surface area is 146 Å². The fraction of sp³-hybridized carbons (Fsp3) is 0.263. The van der Waals surface area contributed by atoms with Crippen molar-refractivity contribution >= 4 is 0 Å². The zero-order valence-corrected chi connectivity index (χ0v) is 14.2. The number of rotatable bonds is 5. The largest absolute Gasteiger partial charge is 0.493 e. The lowest BCUT2D eigenvalue weighted by Crippen LogP contribution is -2.10. The molecule has 0 aliphatic carbocycles. The molecule has 0 saturated carbocycles. The van der Waals surface area contributed by atoms with Crippen LogP contribution in [-0.2, 0) is 0 Å². The third-order valence-electron chi connectivity index (χ3n) is 4.40. The molecule has 128 valence electrons. The van der Waals surface area contributed by atoms with E-state index in [2.05, 4.69) is 21.5 Å². The monoisotopic (exact) mass is 337 g/mol. The summed E-state index contributed by atoms with van der Waals surface area (Å²) in [5, 5.41) is 0. The Bertz CT molecular complexity index is 877. The summed E-state index contributed by atoms with van der Waals surface area (Å²) in [4.78, 5) is 8.69. The fourth-order valence-electron chi connectivity index (χ4n) is 3.23. The molecular weight excluding hydrogens is 318 g/mol. The topological polar surface area (TPSA) is 58.4 Å². The molecule has 0 unspecified atom stereocenters. The third kappa shape index (κ3) is 2.69. The number of nitrogens with zero attached hydrogens (tertiary/aromatic N) is 3. The van der Waals surface area contributed by atoms with Crippen LogP contribution in [0.15, 0.2) is 49.1 Å². The normalized spacial score (nSPS) is 13.7. The van der Waals surface area contributed by atoms with Crippen molar-refractivity contribution in [1.82, 2.24) is 14.5 Å². The van der Waals surface area contributed by atoms with E-state index in [9.17, 15) is 0 Å². The van der Waals surface area contributed by atoms with Gasteiger partial charge in [-0.2, -0.15) is 0 Å². The zero-order chi connectivity index (χ0) is 17.2. The number of pyridine rings is 1. The van der Waals surface area contributed by atoms with E-state index in [0.29, 0.717) is 17.2 Å². The maximum atomic E-state index is 5.54. The number of imidazole rings is 1. The SMILES string of the molecule is CC[C@@H](c1ccncc1)n1ccnc1-c1cc(OC)c2c(c1)OCO2. The minimum absolute atomic E-state index is 0.178. The van der Waals surface area contributed by atoms with Crippen LogP contribution >= 0.6 is 0 Å². The van der Waals surface area contributed by atoms with E-state index < -0.39 is 0 Å².